The SMILES string of the molecule is Cc1cccc(C)c1NC(=O)Nc1cccc2ccc(-c3ccc4cccc(NC(=O)Nc5c(C)cccc5C)c4c3)cc12. The Labute approximate surface area is 257 Å². The first-order valence-corrected chi connectivity index (χ1v) is 14.6. The Morgan fingerprint density at radius 3 is 1.18 bits per heavy atom. The van der Waals surface area contributed by atoms with E-state index in [1.165, 1.54) is 0 Å². The van der Waals surface area contributed by atoms with Crippen LogP contribution >= 0.6 is 0 Å². The van der Waals surface area contributed by atoms with Gasteiger partial charge in [-0.15, -0.1) is 0 Å². The molecule has 0 aromatic heterocycles. The zero-order chi connectivity index (χ0) is 30.8. The summed E-state index contributed by atoms with van der Waals surface area (Å²) in [7, 11) is 0. The molecule has 0 spiro atoms. The van der Waals surface area contributed by atoms with Gasteiger partial charge in [0.2, 0.25) is 0 Å². The highest BCUT2D eigenvalue weighted by Gasteiger charge is 2.13. The summed E-state index contributed by atoms with van der Waals surface area (Å²) in [5, 5.41) is 16.0. The Balaban J connectivity index is 1.29. The van der Waals surface area contributed by atoms with Gasteiger partial charge >= 0.3 is 12.1 Å². The van der Waals surface area contributed by atoms with Gasteiger partial charge in [0, 0.05) is 22.1 Å². The molecule has 0 heterocycles. The second-order valence-electron chi connectivity index (χ2n) is 11.2. The van der Waals surface area contributed by atoms with Crippen molar-refractivity contribution in [2.75, 3.05) is 21.3 Å². The number of benzene rings is 6. The van der Waals surface area contributed by atoms with Crippen molar-refractivity contribution in [1.29, 1.82) is 0 Å². The average Bonchev–Trinajstić information content (AvgIpc) is 3.01. The van der Waals surface area contributed by atoms with Crippen LogP contribution in [0.1, 0.15) is 22.3 Å². The van der Waals surface area contributed by atoms with E-state index in [-0.39, 0.29) is 12.1 Å². The van der Waals surface area contributed by atoms with Gasteiger partial charge in [-0.2, -0.15) is 0 Å². The molecule has 0 fully saturated rings. The van der Waals surface area contributed by atoms with Gasteiger partial charge in [-0.1, -0.05) is 84.9 Å². The molecule has 0 bridgehead atoms. The molecule has 0 aliphatic heterocycles. The summed E-state index contributed by atoms with van der Waals surface area (Å²) >= 11 is 0. The maximum Gasteiger partial charge on any atom is 0.323 e. The predicted molar refractivity (Wildman–Crippen MR) is 184 cm³/mol. The van der Waals surface area contributed by atoms with Gasteiger partial charge in [-0.05, 0) is 96.1 Å². The van der Waals surface area contributed by atoms with E-state index in [9.17, 15) is 9.59 Å². The van der Waals surface area contributed by atoms with E-state index in [0.29, 0.717) is 0 Å². The Hall–Kier alpha value is -5.62. The van der Waals surface area contributed by atoms with Crippen molar-refractivity contribution in [3.63, 3.8) is 0 Å². The van der Waals surface area contributed by atoms with Gasteiger partial charge in [0.05, 0.1) is 11.4 Å². The van der Waals surface area contributed by atoms with E-state index in [4.69, 9.17) is 0 Å². The third-order valence-electron chi connectivity index (χ3n) is 8.03. The van der Waals surface area contributed by atoms with Crippen LogP contribution in [0.3, 0.4) is 0 Å². The fourth-order valence-electron chi connectivity index (χ4n) is 5.68. The molecule has 0 aliphatic carbocycles. The van der Waals surface area contributed by atoms with Crippen molar-refractivity contribution in [3.8, 4) is 11.1 Å². The van der Waals surface area contributed by atoms with Crippen LogP contribution in [-0.4, -0.2) is 12.1 Å². The van der Waals surface area contributed by atoms with Gasteiger partial charge in [0.25, 0.3) is 0 Å². The molecule has 6 heteroatoms. The van der Waals surface area contributed by atoms with Crippen molar-refractivity contribution < 1.29 is 9.59 Å². The third kappa shape index (κ3) is 5.83. The van der Waals surface area contributed by atoms with Gasteiger partial charge in [0.1, 0.15) is 0 Å². The van der Waals surface area contributed by atoms with E-state index in [0.717, 1.165) is 77.7 Å². The highest BCUT2D eigenvalue weighted by Crippen LogP contribution is 2.33. The summed E-state index contributed by atoms with van der Waals surface area (Å²) < 4.78 is 0. The summed E-state index contributed by atoms with van der Waals surface area (Å²) in [6, 6.07) is 35.5. The number of carbonyl (C=O) groups excluding carboxylic acids is 2. The van der Waals surface area contributed by atoms with Crippen LogP contribution < -0.4 is 21.3 Å². The van der Waals surface area contributed by atoms with Crippen molar-refractivity contribution >= 4 is 56.4 Å². The van der Waals surface area contributed by atoms with Crippen LogP contribution in [0.5, 0.6) is 0 Å². The monoisotopic (exact) mass is 578 g/mol. The molecule has 0 unspecified atom stereocenters. The zero-order valence-corrected chi connectivity index (χ0v) is 25.2. The number of fused-ring (bicyclic) bond motifs is 2. The van der Waals surface area contributed by atoms with Crippen LogP contribution in [0.25, 0.3) is 32.7 Å². The van der Waals surface area contributed by atoms with E-state index in [1.54, 1.807) is 0 Å². The number of hydrogen-bond donors (Lipinski definition) is 4. The first-order valence-electron chi connectivity index (χ1n) is 14.6. The fraction of sp³-hybridized carbons (Fsp3) is 0.105. The van der Waals surface area contributed by atoms with E-state index in [1.807, 2.05) is 100 Å². The number of hydrogen-bond acceptors (Lipinski definition) is 2. The number of anilines is 4. The van der Waals surface area contributed by atoms with Crippen molar-refractivity contribution in [2.24, 2.45) is 0 Å². The number of amides is 4. The van der Waals surface area contributed by atoms with Crippen molar-refractivity contribution in [1.82, 2.24) is 0 Å². The lowest BCUT2D eigenvalue weighted by molar-refractivity contribution is 0.261. The Morgan fingerprint density at radius 1 is 0.432 bits per heavy atom. The Kier molecular flexibility index (Phi) is 7.73. The summed E-state index contributed by atoms with van der Waals surface area (Å²) in [5.74, 6) is 0. The molecule has 0 radical (unpaired) electrons. The summed E-state index contributed by atoms with van der Waals surface area (Å²) in [6.07, 6.45) is 0. The van der Waals surface area contributed by atoms with Crippen LogP contribution in [0.2, 0.25) is 0 Å². The van der Waals surface area contributed by atoms with Crippen LogP contribution in [0.4, 0.5) is 32.3 Å². The fourth-order valence-corrected chi connectivity index (χ4v) is 5.68. The second kappa shape index (κ2) is 11.9. The molecule has 4 amide bonds. The highest BCUT2D eigenvalue weighted by molar-refractivity contribution is 6.09. The molecular formula is C38H34N4O2. The summed E-state index contributed by atoms with van der Waals surface area (Å²) in [4.78, 5) is 26.1. The lowest BCUT2D eigenvalue weighted by Gasteiger charge is -2.15. The lowest BCUT2D eigenvalue weighted by atomic mass is 9.97. The number of rotatable bonds is 5. The maximum absolute atomic E-state index is 13.0. The molecule has 44 heavy (non-hydrogen) atoms. The maximum atomic E-state index is 13.0. The van der Waals surface area contributed by atoms with Gasteiger partial charge < -0.3 is 21.3 Å². The normalized spacial score (nSPS) is 10.9. The molecule has 0 saturated carbocycles. The van der Waals surface area contributed by atoms with Crippen LogP contribution in [-0.2, 0) is 0 Å². The smallest absolute Gasteiger partial charge is 0.307 e. The highest BCUT2D eigenvalue weighted by atomic mass is 16.2. The number of nitrogens with one attached hydrogen (secondary N) is 4. The molecule has 6 rings (SSSR count). The minimum Gasteiger partial charge on any atom is -0.307 e. The Bertz CT molecular complexity index is 1880. The molecule has 4 N–H and O–H groups in total. The van der Waals surface area contributed by atoms with Gasteiger partial charge in [-0.3, -0.25) is 0 Å². The number of para-hydroxylation sites is 2. The number of carbonyl (C=O) groups is 2. The summed E-state index contributed by atoms with van der Waals surface area (Å²) in [6.45, 7) is 7.92. The molecule has 6 aromatic rings. The summed E-state index contributed by atoms with van der Waals surface area (Å²) in [5.41, 5.74) is 9.10. The quantitative estimate of drug-likeness (QED) is 0.164. The van der Waals surface area contributed by atoms with Crippen LogP contribution in [0.15, 0.2) is 109 Å². The van der Waals surface area contributed by atoms with Crippen LogP contribution in [0, 0.1) is 27.7 Å². The lowest BCUT2D eigenvalue weighted by Crippen LogP contribution is -2.20. The molecule has 6 aromatic carbocycles. The molecule has 0 atom stereocenters. The molecule has 0 saturated heterocycles. The minimum absolute atomic E-state index is 0.291. The van der Waals surface area contributed by atoms with E-state index < -0.39 is 0 Å². The van der Waals surface area contributed by atoms with Crippen molar-refractivity contribution in [2.45, 2.75) is 27.7 Å². The average molecular weight is 579 g/mol. The first-order chi connectivity index (χ1) is 21.3. The van der Waals surface area contributed by atoms with Gasteiger partial charge in [-0.25, -0.2) is 9.59 Å². The van der Waals surface area contributed by atoms with E-state index in [2.05, 4.69) is 57.7 Å². The zero-order valence-electron chi connectivity index (χ0n) is 25.2. The third-order valence-corrected chi connectivity index (χ3v) is 8.03. The Morgan fingerprint density at radius 2 is 0.795 bits per heavy atom. The van der Waals surface area contributed by atoms with Crippen molar-refractivity contribution in [3.05, 3.63) is 131 Å². The molecule has 218 valence electrons. The molecule has 6 nitrogen and oxygen atoms in total. The first kappa shape index (κ1) is 28.5. The topological polar surface area (TPSA) is 82.3 Å². The largest absolute Gasteiger partial charge is 0.323 e. The standard InChI is InChI=1S/C38H34N4O2/c1-23-9-5-10-24(2)35(23)41-37(43)39-33-15-7-13-27-17-19-29(21-31(27)33)30-20-18-28-14-8-16-34(32(28)22-30)40-38(44)42-36-25(3)11-6-12-26(36)4/h5-22H,1-4H3,(H2,39,41,43)(H2,40,42,44). The second-order valence-corrected chi connectivity index (χ2v) is 11.2. The predicted octanol–water partition coefficient (Wildman–Crippen LogP) is 10.2. The minimum atomic E-state index is -0.291. The van der Waals surface area contributed by atoms with Gasteiger partial charge in [0.15, 0.2) is 0 Å². The number of aryl methyl sites for hydroxylation is 4. The molecular weight excluding hydrogens is 544 g/mol. The van der Waals surface area contributed by atoms with E-state index >= 15 is 0 Å². The number of urea groups is 2. The molecule has 0 aliphatic rings.